The van der Waals surface area contributed by atoms with E-state index in [1.54, 1.807) is 19.1 Å². The molecule has 6 amide bonds. The van der Waals surface area contributed by atoms with E-state index in [0.29, 0.717) is 11.0 Å². The molecule has 88 heavy (non-hydrogen) atoms. The lowest BCUT2D eigenvalue weighted by molar-refractivity contribution is -0.869. The molecule has 3 fully saturated rings. The van der Waals surface area contributed by atoms with E-state index in [9.17, 15) is 74.4 Å². The minimum atomic E-state index is -2.17. The third-order valence-corrected chi connectivity index (χ3v) is 16.9. The lowest BCUT2D eigenvalue weighted by Crippen LogP contribution is -2.63. The maximum atomic E-state index is 14.8. The Morgan fingerprint density at radius 3 is 1.77 bits per heavy atom. The number of ketones is 1. The summed E-state index contributed by atoms with van der Waals surface area (Å²) in [5, 5.41) is 104. The number of aryl methyl sites for hydroxylation is 1. The number of benzene rings is 4. The van der Waals surface area contributed by atoms with E-state index >= 15 is 0 Å². The summed E-state index contributed by atoms with van der Waals surface area (Å²) in [7, 11) is 5.67. The van der Waals surface area contributed by atoms with Gasteiger partial charge in [-0.25, -0.2) is 0 Å². The first-order chi connectivity index (χ1) is 41.6. The Kier molecular flexibility index (Phi) is 23.6. The van der Waals surface area contributed by atoms with Gasteiger partial charge in [-0.3, -0.25) is 38.9 Å². The number of phenolic OH excluding ortho intramolecular Hbond substituents is 1. The van der Waals surface area contributed by atoms with Gasteiger partial charge in [0.1, 0.15) is 42.2 Å². The molecule has 4 aromatic rings. The maximum absolute atomic E-state index is 14.8. The van der Waals surface area contributed by atoms with E-state index in [4.69, 9.17) is 0 Å². The van der Waals surface area contributed by atoms with Crippen LogP contribution in [0.4, 0.5) is 0 Å². The fraction of sp³-hybridized carbons (Fsp3) is 0.523. The van der Waals surface area contributed by atoms with Crippen LogP contribution in [0, 0.1) is 11.8 Å². The smallest absolute Gasteiger partial charge is 0.251 e. The minimum absolute atomic E-state index is 0.0152. The lowest BCUT2D eigenvalue weighted by atomic mass is 9.86. The molecule has 23 nitrogen and oxygen atoms in total. The molecule has 23 heteroatoms. The van der Waals surface area contributed by atoms with Gasteiger partial charge in [0.05, 0.1) is 76.3 Å². The van der Waals surface area contributed by atoms with Crippen molar-refractivity contribution in [3.05, 3.63) is 114 Å². The van der Waals surface area contributed by atoms with Crippen molar-refractivity contribution in [2.75, 3.05) is 47.3 Å². The second-order valence-corrected chi connectivity index (χ2v) is 25.0. The quantitative estimate of drug-likeness (QED) is 0.0489. The summed E-state index contributed by atoms with van der Waals surface area (Å²) in [6, 6.07) is 19.0. The molecule has 3 heterocycles. The van der Waals surface area contributed by atoms with Crippen molar-refractivity contribution in [1.29, 1.82) is 0 Å². The van der Waals surface area contributed by atoms with Gasteiger partial charge >= 0.3 is 0 Å². The van der Waals surface area contributed by atoms with E-state index < -0.39 is 158 Å². The van der Waals surface area contributed by atoms with Gasteiger partial charge in [0, 0.05) is 50.4 Å². The fourth-order valence-corrected chi connectivity index (χ4v) is 11.6. The molecule has 0 saturated carbocycles. The van der Waals surface area contributed by atoms with Gasteiger partial charge in [0.2, 0.25) is 29.5 Å². The molecule has 3 saturated heterocycles. The number of quaternary nitrogens is 1. The predicted octanol–water partition coefficient (Wildman–Crippen LogP) is 1.02. The van der Waals surface area contributed by atoms with Crippen molar-refractivity contribution >= 4 is 41.2 Å². The number of carbonyl (C=O) groups is 7. The van der Waals surface area contributed by atoms with E-state index in [1.807, 2.05) is 45.4 Å². The molecule has 4 aromatic carbocycles. The summed E-state index contributed by atoms with van der Waals surface area (Å²) in [5.41, 5.74) is 5.07. The van der Waals surface area contributed by atoms with Gasteiger partial charge < -0.3 is 76.4 Å². The average molecular weight is 1220 g/mol. The molecular formula is C65H89N8O15+. The van der Waals surface area contributed by atoms with Crippen LogP contribution < -0.4 is 26.6 Å². The third kappa shape index (κ3) is 17.4. The number of Topliss-reactive ketones (excluding diaryl/α,β-unsaturated/α-hetero) is 1. The maximum Gasteiger partial charge on any atom is 0.251 e. The number of unbranched alkanes of at least 4 members (excludes halogenated alkanes) is 3. The highest BCUT2D eigenvalue weighted by atomic mass is 16.3. The molecule has 0 unspecified atom stereocenters. The molecule has 3 aliphatic heterocycles. The highest BCUT2D eigenvalue weighted by Crippen LogP contribution is 2.32. The van der Waals surface area contributed by atoms with Crippen molar-refractivity contribution in [1.82, 2.24) is 36.4 Å². The first-order valence-corrected chi connectivity index (χ1v) is 30.4. The molecule has 0 spiro atoms. The summed E-state index contributed by atoms with van der Waals surface area (Å²) in [4.78, 5) is 104. The Balaban J connectivity index is 1.23. The number of likely N-dealkylation sites (N-methyl/N-ethyl adjacent to an activating group) is 1. The molecule has 7 rings (SSSR count). The Labute approximate surface area is 513 Å². The monoisotopic (exact) mass is 1220 g/mol. The second kappa shape index (κ2) is 30.3. The Morgan fingerprint density at radius 2 is 1.22 bits per heavy atom. The normalized spacial score (nSPS) is 26.8. The van der Waals surface area contributed by atoms with Gasteiger partial charge in [-0.1, -0.05) is 106 Å². The summed E-state index contributed by atoms with van der Waals surface area (Å²) in [6.07, 6.45) is -10.1. The van der Waals surface area contributed by atoms with Crippen molar-refractivity contribution in [3.8, 4) is 28.0 Å². The van der Waals surface area contributed by atoms with Crippen LogP contribution >= 0.6 is 0 Å². The van der Waals surface area contributed by atoms with Crippen LogP contribution in [-0.4, -0.2) is 217 Å². The standard InChI is InChI=1S/C65H88N8O15/c1-8-9-10-11-12-39-13-15-40(16-14-39)41-17-19-42(20-18-41)43-21-23-45(24-22-43)60(83)67-49-33-52(79)59(66-29-30-73(5,6)7)70-63(86)55-56(80)36(2)34-72(55)65(88)54(38(4)75)68-61(84)48(58(82)57(81)44-25-27-46(76)28-26-44)32-51(78)50-31-47(77)35-71(50)64(87)53(37(3)74)69-62(49)85/h13-28,36-38,47-50,52-59,66,74-75,77,79-82H,8-12,29-35H2,1-7H3,(H4-,67,68,69,70,76,83,84,85,86)/p+1/t36-,37+,38+,47+,48-,49-,50-,52+,53-,54-,55-,56-,57-,58-,59-/m0/s1. The molecular weight excluding hydrogens is 1130 g/mol. The highest BCUT2D eigenvalue weighted by Gasteiger charge is 2.50. The number of hydrogen-bond acceptors (Lipinski definition) is 16. The summed E-state index contributed by atoms with van der Waals surface area (Å²) < 4.78 is 0.402. The molecule has 0 aromatic heterocycles. The number of aromatic hydroxyl groups is 1. The van der Waals surface area contributed by atoms with Crippen molar-refractivity contribution in [3.63, 3.8) is 0 Å². The number of carbonyl (C=O) groups excluding carboxylic acids is 7. The number of nitrogens with zero attached hydrogens (tertiary/aromatic N) is 3. The van der Waals surface area contributed by atoms with Gasteiger partial charge in [0.15, 0.2) is 5.78 Å². The van der Waals surface area contributed by atoms with Gasteiger partial charge in [-0.2, -0.15) is 0 Å². The number of hydrogen-bond donors (Lipinski definition) is 13. The van der Waals surface area contributed by atoms with Crippen molar-refractivity contribution < 1.29 is 78.9 Å². The summed E-state index contributed by atoms with van der Waals surface area (Å²) in [5.74, 6) is -10.3. The van der Waals surface area contributed by atoms with Gasteiger partial charge in [0.25, 0.3) is 5.91 Å². The van der Waals surface area contributed by atoms with Crippen molar-refractivity contribution in [2.45, 2.75) is 158 Å². The van der Waals surface area contributed by atoms with Crippen LogP contribution in [0.5, 0.6) is 5.75 Å². The number of aliphatic hydroxyl groups is 7. The van der Waals surface area contributed by atoms with Crippen LogP contribution in [0.1, 0.15) is 100 Å². The largest absolute Gasteiger partial charge is 0.508 e. The third-order valence-electron chi connectivity index (χ3n) is 16.9. The van der Waals surface area contributed by atoms with Crippen molar-refractivity contribution in [2.24, 2.45) is 11.8 Å². The zero-order valence-electron chi connectivity index (χ0n) is 51.2. The van der Waals surface area contributed by atoms with Crippen LogP contribution in [0.25, 0.3) is 22.3 Å². The number of aliphatic hydroxyl groups excluding tert-OH is 7. The van der Waals surface area contributed by atoms with Crippen LogP contribution in [0.2, 0.25) is 0 Å². The molecule has 0 bridgehead atoms. The topological polar surface area (TPSA) is 348 Å². The van der Waals surface area contributed by atoms with Gasteiger partial charge in [-0.15, -0.1) is 0 Å². The van der Waals surface area contributed by atoms with Crippen LogP contribution in [0.15, 0.2) is 97.1 Å². The molecule has 13 N–H and O–H groups in total. The molecule has 0 aliphatic carbocycles. The van der Waals surface area contributed by atoms with Crippen LogP contribution in [0.3, 0.4) is 0 Å². The molecule has 15 atom stereocenters. The lowest BCUT2D eigenvalue weighted by Gasteiger charge is -2.34. The zero-order valence-corrected chi connectivity index (χ0v) is 51.2. The Morgan fingerprint density at radius 1 is 0.670 bits per heavy atom. The fourth-order valence-electron chi connectivity index (χ4n) is 11.6. The van der Waals surface area contributed by atoms with E-state index in [2.05, 4.69) is 57.8 Å². The molecule has 478 valence electrons. The first kappa shape index (κ1) is 68.3. The number of phenols is 1. The van der Waals surface area contributed by atoms with Crippen LogP contribution in [-0.2, 0) is 35.2 Å². The molecule has 0 radical (unpaired) electrons. The van der Waals surface area contributed by atoms with Gasteiger partial charge in [-0.05, 0) is 84.3 Å². The Bertz CT molecular complexity index is 3030. The SMILES string of the molecule is CCCCCCc1ccc(-c2ccc(-c3ccc(C(=O)N[C@H]4C[C@@H](O)[C@@H](NCC[N+](C)(C)C)NC(=O)[C@@H]5[C@@H](O)[C@@H](C)CN5C(=O)[C@H]([C@@H](C)O)NC(=O)[C@H]([C@H](O)[C@@H](O)c5ccc(O)cc5)CC(=O)[C@@H]5C[C@@H](O)CN5C(=O)[C@H]([C@@H](C)O)NC4=O)cc3)cc2)cc1. The second-order valence-electron chi connectivity index (χ2n) is 25.0. The highest BCUT2D eigenvalue weighted by molar-refractivity contribution is 6.00. The molecule has 3 aliphatic rings. The summed E-state index contributed by atoms with van der Waals surface area (Å²) in [6.45, 7) is 5.78. The van der Waals surface area contributed by atoms with E-state index in [-0.39, 0.29) is 30.0 Å². The summed E-state index contributed by atoms with van der Waals surface area (Å²) >= 11 is 0. The zero-order chi connectivity index (χ0) is 64.3. The first-order valence-electron chi connectivity index (χ1n) is 30.4. The minimum Gasteiger partial charge on any atom is -0.508 e. The Hall–Kier alpha value is -7.19. The number of nitrogens with one attached hydrogen (secondary N) is 5. The number of amides is 6. The predicted molar refractivity (Wildman–Crippen MR) is 326 cm³/mol. The number of rotatable bonds is 18. The average Bonchev–Trinajstić information content (AvgIpc) is 2.08. The van der Waals surface area contributed by atoms with E-state index in [1.165, 1.54) is 68.1 Å². The van der Waals surface area contributed by atoms with E-state index in [0.717, 1.165) is 51.8 Å². The number of fused-ring (bicyclic) bond motifs is 2.